The topological polar surface area (TPSA) is 37.8 Å². The van der Waals surface area contributed by atoms with E-state index in [0.29, 0.717) is 0 Å². The Hall–Kier alpha value is -1.42. The van der Waals surface area contributed by atoms with Crippen LogP contribution in [0.4, 0.5) is 5.82 Å². The van der Waals surface area contributed by atoms with E-state index >= 15 is 0 Å². The Bertz CT molecular complexity index is 564. The lowest BCUT2D eigenvalue weighted by molar-refractivity contribution is 0.933. The highest BCUT2D eigenvalue weighted by molar-refractivity contribution is 9.10. The number of rotatable bonds is 4. The number of halogens is 1. The second-order valence-electron chi connectivity index (χ2n) is 4.58. The maximum Gasteiger partial charge on any atom is 0.151 e. The number of benzene rings is 1. The van der Waals surface area contributed by atoms with Gasteiger partial charge >= 0.3 is 0 Å². The van der Waals surface area contributed by atoms with Gasteiger partial charge in [0.2, 0.25) is 0 Å². The molecule has 0 amide bonds. The SMILES string of the molecule is CCCNc1nnc(-c2ccc(Br)cc2)c(C)c1C. The summed E-state index contributed by atoms with van der Waals surface area (Å²) in [4.78, 5) is 0. The van der Waals surface area contributed by atoms with Crippen LogP contribution in [0.25, 0.3) is 11.3 Å². The van der Waals surface area contributed by atoms with Crippen molar-refractivity contribution in [2.24, 2.45) is 0 Å². The Morgan fingerprint density at radius 3 is 2.37 bits per heavy atom. The molecular formula is C15H18BrN3. The molecule has 3 nitrogen and oxygen atoms in total. The average molecular weight is 320 g/mol. The van der Waals surface area contributed by atoms with Crippen LogP contribution in [0.3, 0.4) is 0 Å². The van der Waals surface area contributed by atoms with Crippen LogP contribution in [0.2, 0.25) is 0 Å². The summed E-state index contributed by atoms with van der Waals surface area (Å²) in [6, 6.07) is 8.16. The van der Waals surface area contributed by atoms with E-state index in [2.05, 4.69) is 64.3 Å². The van der Waals surface area contributed by atoms with E-state index in [-0.39, 0.29) is 0 Å². The highest BCUT2D eigenvalue weighted by atomic mass is 79.9. The van der Waals surface area contributed by atoms with Gasteiger partial charge in [0.15, 0.2) is 5.82 Å². The highest BCUT2D eigenvalue weighted by Crippen LogP contribution is 2.26. The zero-order valence-corrected chi connectivity index (χ0v) is 13.1. The van der Waals surface area contributed by atoms with Gasteiger partial charge in [0.1, 0.15) is 0 Å². The van der Waals surface area contributed by atoms with E-state index in [4.69, 9.17) is 0 Å². The molecule has 0 saturated heterocycles. The third-order valence-corrected chi connectivity index (χ3v) is 3.71. The molecule has 0 atom stereocenters. The van der Waals surface area contributed by atoms with Gasteiger partial charge in [-0.1, -0.05) is 35.0 Å². The zero-order chi connectivity index (χ0) is 13.8. The Morgan fingerprint density at radius 2 is 1.74 bits per heavy atom. The van der Waals surface area contributed by atoms with Crippen LogP contribution in [0, 0.1) is 13.8 Å². The van der Waals surface area contributed by atoms with Crippen LogP contribution < -0.4 is 5.32 Å². The molecule has 0 radical (unpaired) electrons. The molecule has 0 fully saturated rings. The second-order valence-corrected chi connectivity index (χ2v) is 5.50. The minimum atomic E-state index is 0.889. The molecule has 0 bridgehead atoms. The van der Waals surface area contributed by atoms with Crippen LogP contribution in [0.1, 0.15) is 24.5 Å². The van der Waals surface area contributed by atoms with Crippen molar-refractivity contribution < 1.29 is 0 Å². The number of anilines is 1. The van der Waals surface area contributed by atoms with Crippen LogP contribution in [-0.4, -0.2) is 16.7 Å². The number of nitrogens with zero attached hydrogens (tertiary/aromatic N) is 2. The predicted molar refractivity (Wildman–Crippen MR) is 83.4 cm³/mol. The Kier molecular flexibility index (Phi) is 4.53. The van der Waals surface area contributed by atoms with Crippen LogP contribution in [-0.2, 0) is 0 Å². The average Bonchev–Trinajstić information content (AvgIpc) is 2.42. The molecule has 1 aromatic heterocycles. The first-order valence-electron chi connectivity index (χ1n) is 6.47. The van der Waals surface area contributed by atoms with Gasteiger partial charge in [-0.3, -0.25) is 0 Å². The summed E-state index contributed by atoms with van der Waals surface area (Å²) < 4.78 is 1.07. The number of hydrogen-bond acceptors (Lipinski definition) is 3. The predicted octanol–water partition coefficient (Wildman–Crippen LogP) is 4.34. The normalized spacial score (nSPS) is 10.5. The first-order chi connectivity index (χ1) is 9.13. The molecule has 2 rings (SSSR count). The summed E-state index contributed by atoms with van der Waals surface area (Å²) in [5, 5.41) is 12.0. The molecule has 19 heavy (non-hydrogen) atoms. The molecule has 2 aromatic rings. The fraction of sp³-hybridized carbons (Fsp3) is 0.333. The zero-order valence-electron chi connectivity index (χ0n) is 11.5. The molecule has 100 valence electrons. The molecule has 1 aromatic carbocycles. The molecule has 4 heteroatoms. The third kappa shape index (κ3) is 3.13. The first-order valence-corrected chi connectivity index (χ1v) is 7.26. The van der Waals surface area contributed by atoms with Gasteiger partial charge in [0, 0.05) is 16.6 Å². The largest absolute Gasteiger partial charge is 0.368 e. The summed E-state index contributed by atoms with van der Waals surface area (Å²) in [5.74, 6) is 0.889. The lowest BCUT2D eigenvalue weighted by Crippen LogP contribution is -2.07. The van der Waals surface area contributed by atoms with Crippen LogP contribution in [0.15, 0.2) is 28.7 Å². The monoisotopic (exact) mass is 319 g/mol. The number of aromatic nitrogens is 2. The van der Waals surface area contributed by atoms with Crippen molar-refractivity contribution in [3.63, 3.8) is 0 Å². The van der Waals surface area contributed by atoms with Crippen molar-refractivity contribution in [2.45, 2.75) is 27.2 Å². The van der Waals surface area contributed by atoms with Gasteiger partial charge in [-0.25, -0.2) is 0 Å². The van der Waals surface area contributed by atoms with Crippen LogP contribution >= 0.6 is 15.9 Å². The molecular weight excluding hydrogens is 302 g/mol. The molecule has 1 N–H and O–H groups in total. The summed E-state index contributed by atoms with van der Waals surface area (Å²) >= 11 is 3.45. The Balaban J connectivity index is 2.38. The summed E-state index contributed by atoms with van der Waals surface area (Å²) in [7, 11) is 0. The maximum absolute atomic E-state index is 4.36. The van der Waals surface area contributed by atoms with Gasteiger partial charge < -0.3 is 5.32 Å². The maximum atomic E-state index is 4.36. The molecule has 1 heterocycles. The van der Waals surface area contributed by atoms with E-state index < -0.39 is 0 Å². The van der Waals surface area contributed by atoms with E-state index in [0.717, 1.165) is 34.5 Å². The Labute approximate surface area is 122 Å². The van der Waals surface area contributed by atoms with Crippen molar-refractivity contribution in [1.82, 2.24) is 10.2 Å². The summed E-state index contributed by atoms with van der Waals surface area (Å²) in [5.41, 5.74) is 4.39. The molecule has 0 saturated carbocycles. The fourth-order valence-corrected chi connectivity index (χ4v) is 2.16. The molecule has 0 aliphatic rings. The minimum absolute atomic E-state index is 0.889. The molecule has 0 unspecified atom stereocenters. The van der Waals surface area contributed by atoms with Crippen molar-refractivity contribution in [3.05, 3.63) is 39.9 Å². The molecule has 0 aliphatic heterocycles. The van der Waals surface area contributed by atoms with Gasteiger partial charge in [0.25, 0.3) is 0 Å². The van der Waals surface area contributed by atoms with E-state index in [9.17, 15) is 0 Å². The van der Waals surface area contributed by atoms with Gasteiger partial charge in [-0.15, -0.1) is 10.2 Å². The lowest BCUT2D eigenvalue weighted by Gasteiger charge is -2.12. The number of nitrogens with one attached hydrogen (secondary N) is 1. The first kappa shape index (κ1) is 14.0. The van der Waals surface area contributed by atoms with Crippen molar-refractivity contribution in [2.75, 3.05) is 11.9 Å². The standard InChI is InChI=1S/C15H18BrN3/c1-4-9-17-15-11(3)10(2)14(18-19-15)12-5-7-13(16)8-6-12/h5-8H,4,9H2,1-3H3,(H,17,19). The van der Waals surface area contributed by atoms with E-state index in [1.165, 1.54) is 11.1 Å². The van der Waals surface area contributed by atoms with E-state index in [1.54, 1.807) is 0 Å². The third-order valence-electron chi connectivity index (χ3n) is 3.18. The van der Waals surface area contributed by atoms with Crippen LogP contribution in [0.5, 0.6) is 0 Å². The van der Waals surface area contributed by atoms with Crippen molar-refractivity contribution in [1.29, 1.82) is 0 Å². The summed E-state index contributed by atoms with van der Waals surface area (Å²) in [6.45, 7) is 7.24. The van der Waals surface area contributed by atoms with Gasteiger partial charge in [0.05, 0.1) is 5.69 Å². The smallest absolute Gasteiger partial charge is 0.151 e. The minimum Gasteiger partial charge on any atom is -0.368 e. The highest BCUT2D eigenvalue weighted by Gasteiger charge is 2.10. The lowest BCUT2D eigenvalue weighted by atomic mass is 10.0. The van der Waals surface area contributed by atoms with Gasteiger partial charge in [-0.05, 0) is 43.5 Å². The number of hydrogen-bond donors (Lipinski definition) is 1. The fourth-order valence-electron chi connectivity index (χ4n) is 1.90. The summed E-state index contributed by atoms with van der Waals surface area (Å²) in [6.07, 6.45) is 1.08. The second kappa shape index (κ2) is 6.15. The quantitative estimate of drug-likeness (QED) is 0.910. The Morgan fingerprint density at radius 1 is 1.05 bits per heavy atom. The van der Waals surface area contributed by atoms with Crippen molar-refractivity contribution >= 4 is 21.7 Å². The van der Waals surface area contributed by atoms with Gasteiger partial charge in [-0.2, -0.15) is 0 Å². The molecule has 0 spiro atoms. The molecule has 0 aliphatic carbocycles. The van der Waals surface area contributed by atoms with Crippen molar-refractivity contribution in [3.8, 4) is 11.3 Å². The van der Waals surface area contributed by atoms with E-state index in [1.807, 2.05) is 12.1 Å².